The minimum Gasteiger partial charge on any atom is -0.249 e. The molecule has 0 atom stereocenters. The predicted octanol–water partition coefficient (Wildman–Crippen LogP) is 2.41. The third kappa shape index (κ3) is 3.72. The van der Waals surface area contributed by atoms with E-state index in [-0.39, 0.29) is 0 Å². The van der Waals surface area contributed by atoms with Gasteiger partial charge in [-0.25, -0.2) is 4.99 Å². The lowest BCUT2D eigenvalue weighted by atomic mass is 10.9. The van der Waals surface area contributed by atoms with Gasteiger partial charge in [0, 0.05) is 5.41 Å². The summed E-state index contributed by atoms with van der Waals surface area (Å²) in [5.74, 6) is 0. The number of thioether (sulfide) groups is 1. The van der Waals surface area contributed by atoms with Crippen molar-refractivity contribution in [1.29, 1.82) is 0 Å². The molecule has 0 saturated carbocycles. The highest BCUT2D eigenvalue weighted by atomic mass is 32.2. The van der Waals surface area contributed by atoms with Gasteiger partial charge in [-0.3, -0.25) is 0 Å². The Morgan fingerprint density at radius 1 is 1.50 bits per heavy atom. The highest BCUT2D eigenvalue weighted by Crippen LogP contribution is 1.97. The molecule has 0 bridgehead atoms. The molecule has 0 N–H and O–H groups in total. The molecule has 1 rings (SSSR count). The largest absolute Gasteiger partial charge is 0.249 e. The zero-order valence-corrected chi connectivity index (χ0v) is 5.90. The van der Waals surface area contributed by atoms with Gasteiger partial charge in [-0.2, -0.15) is 0 Å². The van der Waals surface area contributed by atoms with Crippen LogP contribution >= 0.6 is 11.8 Å². The van der Waals surface area contributed by atoms with E-state index in [9.17, 15) is 0 Å². The first-order chi connectivity index (χ1) is 4.00. The van der Waals surface area contributed by atoms with E-state index >= 15 is 0 Å². The minimum atomic E-state index is 1.54. The first-order valence-electron chi connectivity index (χ1n) is 2.57. The van der Waals surface area contributed by atoms with Crippen molar-refractivity contribution in [3.8, 4) is 0 Å². The Bertz CT molecular complexity index is 120. The van der Waals surface area contributed by atoms with E-state index < -0.39 is 0 Å². The van der Waals surface area contributed by atoms with Gasteiger partial charge in [0.05, 0.1) is 11.7 Å². The maximum absolute atomic E-state index is 3.75. The van der Waals surface area contributed by atoms with Crippen molar-refractivity contribution in [2.24, 2.45) is 4.99 Å². The fourth-order valence-corrected chi connectivity index (χ4v) is 0.540. The number of rotatable bonds is 0. The molecule has 2 heteroatoms. The summed E-state index contributed by atoms with van der Waals surface area (Å²) in [5, 5.41) is 1.85. The van der Waals surface area contributed by atoms with Crippen LogP contribution in [0.2, 0.25) is 0 Å². The molecule has 0 aromatic heterocycles. The second-order valence-electron chi connectivity index (χ2n) is 0.804. The highest BCUT2D eigenvalue weighted by molar-refractivity contribution is 8.14. The van der Waals surface area contributed by atoms with Crippen molar-refractivity contribution in [3.63, 3.8) is 0 Å². The van der Waals surface area contributed by atoms with Gasteiger partial charge in [0.2, 0.25) is 0 Å². The molecule has 1 aliphatic heterocycles. The van der Waals surface area contributed by atoms with E-state index in [1.807, 2.05) is 19.3 Å². The normalized spacial score (nSPS) is 12.8. The molecule has 0 amide bonds. The van der Waals surface area contributed by atoms with Crippen molar-refractivity contribution >= 4 is 17.3 Å². The molecule has 1 aliphatic rings. The molecule has 0 aliphatic carbocycles. The van der Waals surface area contributed by atoms with Crippen LogP contribution in [0.5, 0.6) is 0 Å². The van der Waals surface area contributed by atoms with Crippen LogP contribution in [0.4, 0.5) is 0 Å². The molecule has 0 saturated heterocycles. The first-order valence-corrected chi connectivity index (χ1v) is 3.51. The van der Waals surface area contributed by atoms with Crippen molar-refractivity contribution < 1.29 is 0 Å². The average Bonchev–Trinajstić information content (AvgIpc) is 1.96. The van der Waals surface area contributed by atoms with Gasteiger partial charge >= 0.3 is 0 Å². The van der Waals surface area contributed by atoms with Crippen LogP contribution in [0.3, 0.4) is 0 Å². The molecule has 0 fully saturated rings. The van der Waals surface area contributed by atoms with E-state index in [4.69, 9.17) is 0 Å². The smallest absolute Gasteiger partial charge is 0.0698 e. The second-order valence-corrected chi connectivity index (χ2v) is 1.52. The molecule has 0 aromatic rings. The quantitative estimate of drug-likeness (QED) is 0.455. The molecule has 1 heterocycles. The monoisotopic (exact) mass is 127 g/mol. The van der Waals surface area contributed by atoms with Gasteiger partial charge in [-0.15, -0.1) is 0 Å². The molecule has 8 heavy (non-hydrogen) atoms. The molecule has 0 aromatic carbocycles. The van der Waals surface area contributed by atoms with Gasteiger partial charge < -0.3 is 0 Å². The predicted molar refractivity (Wildman–Crippen MR) is 40.1 cm³/mol. The van der Waals surface area contributed by atoms with Crippen LogP contribution in [0.15, 0.2) is 22.3 Å². The number of hydrogen-bond acceptors (Lipinski definition) is 2. The van der Waals surface area contributed by atoms with Crippen molar-refractivity contribution in [2.75, 3.05) is 0 Å². The standard InChI is InChI=1S/C4H3NS.C2H6/c1-2-5-4-6-3-1;1-2/h2-4H;1-2H3. The summed E-state index contributed by atoms with van der Waals surface area (Å²) in [4.78, 5) is 3.75. The minimum absolute atomic E-state index is 1.54. The Balaban J connectivity index is 0.000000222. The molecule has 0 radical (unpaired) electrons. The Hall–Kier alpha value is -0.460. The van der Waals surface area contributed by atoms with E-state index in [0.29, 0.717) is 0 Å². The first kappa shape index (κ1) is 7.54. The molecular weight excluding hydrogens is 118 g/mol. The number of hydrogen-bond donors (Lipinski definition) is 0. The lowest BCUT2D eigenvalue weighted by Gasteiger charge is -1.77. The summed E-state index contributed by atoms with van der Waals surface area (Å²) < 4.78 is 0. The van der Waals surface area contributed by atoms with Crippen LogP contribution in [0, 0.1) is 0 Å². The van der Waals surface area contributed by atoms with Crippen LogP contribution in [0.25, 0.3) is 0 Å². The highest BCUT2D eigenvalue weighted by Gasteiger charge is 1.70. The van der Waals surface area contributed by atoms with Gasteiger partial charge in [-0.05, 0) is 0 Å². The lowest BCUT2D eigenvalue weighted by molar-refractivity contribution is 1.50. The summed E-state index contributed by atoms with van der Waals surface area (Å²) >= 11 is 1.54. The van der Waals surface area contributed by atoms with E-state index in [2.05, 4.69) is 10.7 Å². The second kappa shape index (κ2) is 6.54. The maximum atomic E-state index is 3.75. The van der Waals surface area contributed by atoms with Crippen molar-refractivity contribution in [1.82, 2.24) is 0 Å². The van der Waals surface area contributed by atoms with Gasteiger partial charge in [-0.1, -0.05) is 31.3 Å². The zero-order chi connectivity index (χ0) is 6.24. The van der Waals surface area contributed by atoms with Crippen LogP contribution in [0.1, 0.15) is 13.8 Å². The Morgan fingerprint density at radius 3 is 2.38 bits per heavy atom. The molecule has 0 unspecified atom stereocenters. The Kier molecular flexibility index (Phi) is 6.16. The maximum Gasteiger partial charge on any atom is 0.0698 e. The Morgan fingerprint density at radius 2 is 2.25 bits per heavy atom. The molecule has 44 valence electrons. The van der Waals surface area contributed by atoms with Crippen molar-refractivity contribution in [3.05, 3.63) is 17.3 Å². The van der Waals surface area contributed by atoms with Crippen LogP contribution in [-0.2, 0) is 0 Å². The third-order valence-corrected chi connectivity index (χ3v) is 0.922. The van der Waals surface area contributed by atoms with E-state index in [1.165, 1.54) is 11.8 Å². The zero-order valence-electron chi connectivity index (χ0n) is 5.09. The van der Waals surface area contributed by atoms with Crippen LogP contribution in [-0.4, -0.2) is 5.55 Å². The Labute approximate surface area is 54.2 Å². The van der Waals surface area contributed by atoms with Gasteiger partial charge in [0.25, 0.3) is 0 Å². The van der Waals surface area contributed by atoms with Gasteiger partial charge in [0.15, 0.2) is 0 Å². The fourth-order valence-electron chi connectivity index (χ4n) is 0.209. The summed E-state index contributed by atoms with van der Waals surface area (Å²) in [7, 11) is 0. The van der Waals surface area contributed by atoms with Crippen LogP contribution < -0.4 is 0 Å². The lowest BCUT2D eigenvalue weighted by Crippen LogP contribution is -1.57. The SMILES string of the molecule is C1=CN=CSC=1.CC. The number of aliphatic imine (C=N–C) groups is 1. The summed E-state index contributed by atoms with van der Waals surface area (Å²) in [6.07, 6.45) is 1.64. The third-order valence-electron chi connectivity index (χ3n) is 0.407. The van der Waals surface area contributed by atoms with E-state index in [1.54, 1.807) is 11.7 Å². The topological polar surface area (TPSA) is 12.4 Å². The summed E-state index contributed by atoms with van der Waals surface area (Å²) in [6, 6.07) is 0. The fraction of sp³-hybridized carbons (Fsp3) is 0.333. The summed E-state index contributed by atoms with van der Waals surface area (Å²) in [5.41, 5.74) is 4.56. The van der Waals surface area contributed by atoms with Crippen molar-refractivity contribution in [2.45, 2.75) is 13.8 Å². The number of nitrogens with zero attached hydrogens (tertiary/aromatic N) is 1. The molecule has 1 nitrogen and oxygen atoms in total. The molecular formula is C6H9NS. The van der Waals surface area contributed by atoms with E-state index in [0.717, 1.165) is 0 Å². The molecule has 0 spiro atoms. The summed E-state index contributed by atoms with van der Waals surface area (Å²) in [6.45, 7) is 4.00. The van der Waals surface area contributed by atoms with Gasteiger partial charge in [0.1, 0.15) is 0 Å². The average molecular weight is 127 g/mol.